The molecule has 1 aliphatic rings. The number of hydrogen-bond acceptors (Lipinski definition) is 4. The lowest BCUT2D eigenvalue weighted by atomic mass is 10.1. The number of rotatable bonds is 4. The van der Waals surface area contributed by atoms with Gasteiger partial charge >= 0.3 is 0 Å². The molecule has 29 heavy (non-hydrogen) atoms. The average Bonchev–Trinajstić information content (AvgIpc) is 3.06. The van der Waals surface area contributed by atoms with Gasteiger partial charge in [-0.1, -0.05) is 41.9 Å². The van der Waals surface area contributed by atoms with Gasteiger partial charge in [-0.25, -0.2) is 4.99 Å². The minimum Gasteiger partial charge on any atom is -0.266 e. The Morgan fingerprint density at radius 1 is 0.931 bits per heavy atom. The van der Waals surface area contributed by atoms with Crippen LogP contribution in [0.4, 0.5) is 11.4 Å². The fourth-order valence-electron chi connectivity index (χ4n) is 2.98. The number of aliphatic imine (C=N–C) groups is 1. The van der Waals surface area contributed by atoms with Crippen molar-refractivity contribution in [2.24, 2.45) is 4.99 Å². The van der Waals surface area contributed by atoms with Crippen LogP contribution in [0.1, 0.15) is 11.1 Å². The first-order chi connectivity index (χ1) is 14.0. The Bertz CT molecular complexity index is 1140. The first-order valence-corrected chi connectivity index (χ1v) is 9.11. The highest BCUT2D eigenvalue weighted by Gasteiger charge is 2.32. The van der Waals surface area contributed by atoms with Gasteiger partial charge in [-0.3, -0.25) is 19.8 Å². The van der Waals surface area contributed by atoms with Crippen LogP contribution in [0.15, 0.2) is 89.6 Å². The fourth-order valence-corrected chi connectivity index (χ4v) is 3.10. The molecule has 0 radical (unpaired) electrons. The minimum absolute atomic E-state index is 0.0128. The third-order valence-corrected chi connectivity index (χ3v) is 4.64. The van der Waals surface area contributed by atoms with E-state index in [1.165, 1.54) is 17.0 Å². The Hall–Kier alpha value is -3.77. The summed E-state index contributed by atoms with van der Waals surface area (Å²) in [6.45, 7) is 0. The summed E-state index contributed by atoms with van der Waals surface area (Å²) in [6, 6.07) is 22.3. The summed E-state index contributed by atoms with van der Waals surface area (Å²) in [7, 11) is 0. The van der Waals surface area contributed by atoms with E-state index in [4.69, 9.17) is 11.6 Å². The van der Waals surface area contributed by atoms with Gasteiger partial charge in [-0.05, 0) is 48.0 Å². The first-order valence-electron chi connectivity index (χ1n) is 8.73. The maximum Gasteiger partial charge on any atom is 0.282 e. The van der Waals surface area contributed by atoms with Crippen LogP contribution in [0.25, 0.3) is 6.08 Å². The molecule has 0 unspecified atom stereocenters. The number of carbonyl (C=O) groups excluding carboxylic acids is 1. The molecule has 3 aromatic rings. The summed E-state index contributed by atoms with van der Waals surface area (Å²) in [5, 5.41) is 11.4. The molecule has 0 atom stereocenters. The third kappa shape index (κ3) is 3.79. The van der Waals surface area contributed by atoms with Crippen molar-refractivity contribution in [3.63, 3.8) is 0 Å². The number of anilines is 1. The van der Waals surface area contributed by atoms with Crippen LogP contribution in [-0.2, 0) is 4.79 Å². The summed E-state index contributed by atoms with van der Waals surface area (Å²) in [4.78, 5) is 29.6. The largest absolute Gasteiger partial charge is 0.282 e. The molecule has 1 amide bonds. The van der Waals surface area contributed by atoms with E-state index in [1.807, 2.05) is 30.3 Å². The molecule has 0 saturated heterocycles. The van der Waals surface area contributed by atoms with Crippen molar-refractivity contribution >= 4 is 40.8 Å². The van der Waals surface area contributed by atoms with Crippen LogP contribution in [0.5, 0.6) is 0 Å². The lowest BCUT2D eigenvalue weighted by Gasteiger charge is -2.18. The van der Waals surface area contributed by atoms with Crippen molar-refractivity contribution in [2.45, 2.75) is 0 Å². The maximum atomic E-state index is 13.2. The standard InChI is InChI=1S/C22H14ClN3O3/c23-17-8-12-18(13-9-17)25-21(16-4-2-1-3-5-16)24-20(22(25)27)14-15-6-10-19(11-7-15)26(28)29/h1-14H/b20-14+. The molecular formula is C22H14ClN3O3. The quantitative estimate of drug-likeness (QED) is 0.346. The van der Waals surface area contributed by atoms with Crippen molar-refractivity contribution in [1.82, 2.24) is 0 Å². The van der Waals surface area contributed by atoms with E-state index >= 15 is 0 Å². The zero-order valence-corrected chi connectivity index (χ0v) is 15.8. The van der Waals surface area contributed by atoms with Gasteiger partial charge in [-0.2, -0.15) is 0 Å². The molecule has 6 nitrogen and oxygen atoms in total. The van der Waals surface area contributed by atoms with Crippen molar-refractivity contribution < 1.29 is 9.72 Å². The number of amidine groups is 1. The van der Waals surface area contributed by atoms with Gasteiger partial charge in [0, 0.05) is 22.7 Å². The summed E-state index contributed by atoms with van der Waals surface area (Å²) in [5.41, 5.74) is 2.32. The Labute approximate surface area is 171 Å². The number of carbonyl (C=O) groups is 1. The molecule has 0 aromatic heterocycles. The van der Waals surface area contributed by atoms with Gasteiger partial charge in [0.2, 0.25) is 0 Å². The summed E-state index contributed by atoms with van der Waals surface area (Å²) in [5.74, 6) is 0.218. The highest BCUT2D eigenvalue weighted by molar-refractivity contribution is 6.33. The zero-order chi connectivity index (χ0) is 20.4. The average molecular weight is 404 g/mol. The number of benzene rings is 3. The number of nitro groups is 1. The predicted molar refractivity (Wildman–Crippen MR) is 113 cm³/mol. The molecule has 7 heteroatoms. The topological polar surface area (TPSA) is 75.8 Å². The van der Waals surface area contributed by atoms with Crippen LogP contribution < -0.4 is 4.90 Å². The Morgan fingerprint density at radius 2 is 1.59 bits per heavy atom. The van der Waals surface area contributed by atoms with Crippen molar-refractivity contribution in [2.75, 3.05) is 4.90 Å². The minimum atomic E-state index is -0.467. The van der Waals surface area contributed by atoms with Crippen molar-refractivity contribution in [3.8, 4) is 0 Å². The van der Waals surface area contributed by atoms with Crippen molar-refractivity contribution in [1.29, 1.82) is 0 Å². The van der Waals surface area contributed by atoms with Gasteiger partial charge in [-0.15, -0.1) is 0 Å². The lowest BCUT2D eigenvalue weighted by Crippen LogP contribution is -2.32. The van der Waals surface area contributed by atoms with Crippen LogP contribution in [0.3, 0.4) is 0 Å². The van der Waals surface area contributed by atoms with Gasteiger partial charge < -0.3 is 0 Å². The number of non-ortho nitro benzene ring substituents is 1. The van der Waals surface area contributed by atoms with Gasteiger partial charge in [0.05, 0.1) is 10.6 Å². The monoisotopic (exact) mass is 403 g/mol. The molecule has 0 fully saturated rings. The van der Waals surface area contributed by atoms with Gasteiger partial charge in [0.15, 0.2) is 0 Å². The maximum absolute atomic E-state index is 13.2. The molecule has 3 aromatic carbocycles. The Kier molecular flexibility index (Phi) is 4.93. The van der Waals surface area contributed by atoms with Gasteiger partial charge in [0.1, 0.15) is 11.5 Å². The number of hydrogen-bond donors (Lipinski definition) is 0. The molecule has 0 spiro atoms. The van der Waals surface area contributed by atoms with Gasteiger partial charge in [0.25, 0.3) is 11.6 Å². The van der Waals surface area contributed by atoms with E-state index in [2.05, 4.69) is 4.99 Å². The third-order valence-electron chi connectivity index (χ3n) is 4.38. The van der Waals surface area contributed by atoms with E-state index < -0.39 is 4.92 Å². The molecule has 1 aliphatic heterocycles. The van der Waals surface area contributed by atoms with E-state index in [1.54, 1.807) is 42.5 Å². The van der Waals surface area contributed by atoms with Crippen LogP contribution in [-0.4, -0.2) is 16.7 Å². The molecule has 1 heterocycles. The zero-order valence-electron chi connectivity index (χ0n) is 15.0. The number of amides is 1. The second-order valence-corrected chi connectivity index (χ2v) is 6.73. The van der Waals surface area contributed by atoms with Crippen LogP contribution in [0.2, 0.25) is 5.02 Å². The smallest absolute Gasteiger partial charge is 0.266 e. The first kappa shape index (κ1) is 18.6. The molecule has 0 bridgehead atoms. The van der Waals surface area contributed by atoms with Crippen LogP contribution >= 0.6 is 11.6 Å². The van der Waals surface area contributed by atoms with E-state index in [0.29, 0.717) is 22.1 Å². The van der Waals surface area contributed by atoms with E-state index in [9.17, 15) is 14.9 Å². The summed E-state index contributed by atoms with van der Waals surface area (Å²) >= 11 is 5.99. The SMILES string of the molecule is O=C1/C(=C\c2ccc([N+](=O)[O-])cc2)N=C(c2ccccc2)N1c1ccc(Cl)cc1. The van der Waals surface area contributed by atoms with E-state index in [-0.39, 0.29) is 17.3 Å². The fraction of sp³-hybridized carbons (Fsp3) is 0. The molecular weight excluding hydrogens is 390 g/mol. The Balaban J connectivity index is 1.77. The molecule has 0 N–H and O–H groups in total. The second kappa shape index (κ2) is 7.69. The molecule has 142 valence electrons. The number of nitro benzene ring substituents is 1. The highest BCUT2D eigenvalue weighted by Crippen LogP contribution is 2.29. The van der Waals surface area contributed by atoms with Crippen molar-refractivity contribution in [3.05, 3.63) is 111 Å². The summed E-state index contributed by atoms with van der Waals surface area (Å²) in [6.07, 6.45) is 1.62. The number of halogens is 1. The number of nitrogens with zero attached hydrogens (tertiary/aromatic N) is 3. The lowest BCUT2D eigenvalue weighted by molar-refractivity contribution is -0.384. The highest BCUT2D eigenvalue weighted by atomic mass is 35.5. The predicted octanol–water partition coefficient (Wildman–Crippen LogP) is 5.08. The van der Waals surface area contributed by atoms with Crippen LogP contribution in [0, 0.1) is 10.1 Å². The summed E-state index contributed by atoms with van der Waals surface area (Å²) < 4.78 is 0. The molecule has 0 saturated carbocycles. The Morgan fingerprint density at radius 3 is 2.21 bits per heavy atom. The molecule has 0 aliphatic carbocycles. The normalized spacial score (nSPS) is 14.9. The second-order valence-electron chi connectivity index (χ2n) is 6.30. The van der Waals surface area contributed by atoms with E-state index in [0.717, 1.165) is 5.56 Å². The molecule has 4 rings (SSSR count).